The minimum atomic E-state index is -1.14. The third-order valence-electron chi connectivity index (χ3n) is 9.48. The summed E-state index contributed by atoms with van der Waals surface area (Å²) in [5.74, 6) is 0. The van der Waals surface area contributed by atoms with Crippen LogP contribution in [-0.4, -0.2) is 146 Å². The number of hydrogen-bond donors (Lipinski definition) is 8. The van der Waals surface area contributed by atoms with E-state index in [4.69, 9.17) is 39.4 Å². The quantitative estimate of drug-likeness (QED) is 0.0404. The van der Waals surface area contributed by atoms with Gasteiger partial charge in [0.25, 0.3) is 0 Å². The number of anilines is 4. The summed E-state index contributed by atoms with van der Waals surface area (Å²) in [5.41, 5.74) is 5.01. The molecule has 0 spiro atoms. The first kappa shape index (κ1) is 50.4. The number of aliphatic hydroxyl groups is 4. The third kappa shape index (κ3) is 19.4. The van der Waals surface area contributed by atoms with Crippen LogP contribution in [0.25, 0.3) is 0 Å². The van der Waals surface area contributed by atoms with Crippen molar-refractivity contribution in [2.75, 3.05) is 107 Å². The Kier molecular flexibility index (Phi) is 21.3. The van der Waals surface area contributed by atoms with Crippen molar-refractivity contribution in [3.05, 3.63) is 119 Å². The van der Waals surface area contributed by atoms with E-state index in [1.165, 1.54) is 0 Å². The molecule has 0 aliphatic rings. The fraction of sp³-hybridized carbons (Fsp3) is 0.391. The van der Waals surface area contributed by atoms with Gasteiger partial charge in [-0.3, -0.25) is 31.1 Å². The van der Waals surface area contributed by atoms with Gasteiger partial charge in [0.2, 0.25) is 0 Å². The summed E-state index contributed by atoms with van der Waals surface area (Å²) in [6.07, 6.45) is -1.41. The first-order chi connectivity index (χ1) is 30.9. The zero-order valence-electron chi connectivity index (χ0n) is 36.3. The Balaban J connectivity index is 1.12. The van der Waals surface area contributed by atoms with Gasteiger partial charge >= 0.3 is 24.4 Å². The molecule has 0 unspecified atom stereocenters. The Morgan fingerprint density at radius 3 is 1.02 bits per heavy atom. The fourth-order valence-electron chi connectivity index (χ4n) is 6.19. The first-order valence-corrected chi connectivity index (χ1v) is 20.9. The van der Waals surface area contributed by atoms with Crippen molar-refractivity contribution in [1.82, 2.24) is 9.80 Å². The molecule has 0 heterocycles. The number of carbonyl (C=O) groups excluding carboxylic acids is 4. The van der Waals surface area contributed by atoms with E-state index in [1.54, 1.807) is 72.2 Å². The second-order valence-electron chi connectivity index (χ2n) is 15.2. The number of nitrogens with one attached hydrogen (secondary N) is 4. The number of hydrogen-bond acceptors (Lipinski definition) is 14. The Labute approximate surface area is 373 Å². The molecular weight excluding hydrogens is 829 g/mol. The molecular formula is C46H60N6O12. The van der Waals surface area contributed by atoms with Crippen molar-refractivity contribution in [3.8, 4) is 0 Å². The van der Waals surface area contributed by atoms with Crippen LogP contribution >= 0.6 is 0 Å². The second kappa shape index (κ2) is 27.0. The lowest BCUT2D eigenvalue weighted by Crippen LogP contribution is -2.36. The van der Waals surface area contributed by atoms with Gasteiger partial charge in [-0.25, -0.2) is 19.2 Å². The van der Waals surface area contributed by atoms with Gasteiger partial charge in [0, 0.05) is 62.0 Å². The normalized spacial score (nSPS) is 11.2. The number of amides is 4. The summed E-state index contributed by atoms with van der Waals surface area (Å²) < 4.78 is 21.3. The summed E-state index contributed by atoms with van der Waals surface area (Å²) in [4.78, 5) is 53.2. The Morgan fingerprint density at radius 1 is 0.438 bits per heavy atom. The molecule has 0 radical (unpaired) electrons. The molecule has 4 rings (SSSR count). The number of rotatable bonds is 25. The van der Waals surface area contributed by atoms with Crippen LogP contribution in [0, 0.1) is 0 Å². The smallest absolute Gasteiger partial charge is 0.412 e. The lowest BCUT2D eigenvalue weighted by atomic mass is 10.0. The summed E-state index contributed by atoms with van der Waals surface area (Å²) in [6, 6.07) is 29.1. The highest BCUT2D eigenvalue weighted by Crippen LogP contribution is 2.20. The van der Waals surface area contributed by atoms with Gasteiger partial charge < -0.3 is 39.4 Å². The van der Waals surface area contributed by atoms with Crippen LogP contribution in [0.2, 0.25) is 0 Å². The second-order valence-corrected chi connectivity index (χ2v) is 15.2. The highest BCUT2D eigenvalue weighted by atomic mass is 16.6. The van der Waals surface area contributed by atoms with E-state index in [2.05, 4.69) is 21.3 Å². The average Bonchev–Trinajstić information content (AvgIpc) is 3.26. The van der Waals surface area contributed by atoms with Crippen molar-refractivity contribution >= 4 is 47.1 Å². The molecule has 18 heteroatoms. The maximum atomic E-state index is 12.7. The number of aliphatic hydroxyl groups excluding tert-OH is 4. The number of benzene rings is 4. The molecule has 0 aliphatic heterocycles. The minimum Gasteiger partial charge on any atom is -0.448 e. The van der Waals surface area contributed by atoms with E-state index in [-0.39, 0.29) is 46.2 Å². The maximum absolute atomic E-state index is 12.7. The predicted molar refractivity (Wildman–Crippen MR) is 242 cm³/mol. The molecule has 0 aliphatic carbocycles. The average molecular weight is 889 g/mol. The van der Waals surface area contributed by atoms with Gasteiger partial charge in [-0.1, -0.05) is 48.5 Å². The maximum Gasteiger partial charge on any atom is 0.412 e. The van der Waals surface area contributed by atoms with Crippen LogP contribution < -0.4 is 21.3 Å². The van der Waals surface area contributed by atoms with Gasteiger partial charge in [-0.05, 0) is 97.5 Å². The van der Waals surface area contributed by atoms with E-state index in [1.807, 2.05) is 48.5 Å². The van der Waals surface area contributed by atoms with Gasteiger partial charge in [-0.15, -0.1) is 0 Å². The van der Waals surface area contributed by atoms with Gasteiger partial charge in [0.15, 0.2) is 0 Å². The van der Waals surface area contributed by atoms with E-state index >= 15 is 0 Å². The lowest BCUT2D eigenvalue weighted by Gasteiger charge is -2.24. The molecule has 4 amide bonds. The van der Waals surface area contributed by atoms with Crippen molar-refractivity contribution in [2.24, 2.45) is 0 Å². The molecule has 64 heavy (non-hydrogen) atoms. The van der Waals surface area contributed by atoms with Crippen LogP contribution in [0.15, 0.2) is 97.1 Å². The van der Waals surface area contributed by atoms with E-state index in [0.717, 1.165) is 22.3 Å². The molecule has 8 N–H and O–H groups in total. The predicted octanol–water partition coefficient (Wildman–Crippen LogP) is 5.11. The SMILES string of the molecule is CC(C)(COC(=O)Nc1ccc(Cc2ccc(NC(=O)OCCN(CCO)CCO)cc2)cc1)OC(=O)Nc1ccc(Cc2ccc(NC(=O)OCCN(CCO)CCO)cc2)cc1. The van der Waals surface area contributed by atoms with E-state index < -0.39 is 30.0 Å². The molecule has 0 atom stereocenters. The monoisotopic (exact) mass is 888 g/mol. The first-order valence-electron chi connectivity index (χ1n) is 20.9. The summed E-state index contributed by atoms with van der Waals surface area (Å²) in [5, 5.41) is 47.1. The molecule has 346 valence electrons. The zero-order valence-corrected chi connectivity index (χ0v) is 36.3. The molecule has 0 saturated carbocycles. The van der Waals surface area contributed by atoms with Gasteiger partial charge in [0.1, 0.15) is 25.4 Å². The van der Waals surface area contributed by atoms with Gasteiger partial charge in [0.05, 0.1) is 26.4 Å². The van der Waals surface area contributed by atoms with E-state index in [9.17, 15) is 19.2 Å². The van der Waals surface area contributed by atoms with Crippen molar-refractivity contribution < 1.29 is 58.6 Å². The highest BCUT2D eigenvalue weighted by Gasteiger charge is 2.25. The molecule has 4 aromatic carbocycles. The molecule has 18 nitrogen and oxygen atoms in total. The summed E-state index contributed by atoms with van der Waals surface area (Å²) in [6.45, 7) is 5.37. The molecule has 0 aromatic heterocycles. The zero-order chi connectivity index (χ0) is 46.2. The van der Waals surface area contributed by atoms with Crippen molar-refractivity contribution in [3.63, 3.8) is 0 Å². The standard InChI is InChI=1S/C46H60N6O12/c1-46(2,64-45(60)50-41-17-9-37(10-18-41)32-35-5-13-39(14-6-35)48-43(58)62-30-24-52(21-27-55)22-28-56)33-63-44(59)49-40-15-7-36(8-16-40)31-34-3-11-38(12-4-34)47-42(57)61-29-23-51(19-25-53)20-26-54/h3-18,53-56H,19-33H2,1-2H3,(H,47,57)(H,48,58)(H,49,59)(H,50,60). The molecule has 0 saturated heterocycles. The molecule has 4 aromatic rings. The topological polar surface area (TPSA) is 241 Å². The van der Waals surface area contributed by atoms with Crippen LogP contribution in [-0.2, 0) is 31.8 Å². The summed E-state index contributed by atoms with van der Waals surface area (Å²) >= 11 is 0. The van der Waals surface area contributed by atoms with Crippen molar-refractivity contribution in [1.29, 1.82) is 0 Å². The van der Waals surface area contributed by atoms with Gasteiger partial charge in [-0.2, -0.15) is 0 Å². The lowest BCUT2D eigenvalue weighted by molar-refractivity contribution is -0.00171. The third-order valence-corrected chi connectivity index (χ3v) is 9.48. The van der Waals surface area contributed by atoms with Crippen LogP contribution in [0.4, 0.5) is 41.9 Å². The van der Waals surface area contributed by atoms with Crippen molar-refractivity contribution in [2.45, 2.75) is 32.3 Å². The van der Waals surface area contributed by atoms with Crippen LogP contribution in [0.5, 0.6) is 0 Å². The Hall–Kier alpha value is -6.28. The highest BCUT2D eigenvalue weighted by molar-refractivity contribution is 5.86. The largest absolute Gasteiger partial charge is 0.448 e. The van der Waals surface area contributed by atoms with Crippen LogP contribution in [0.1, 0.15) is 36.1 Å². The summed E-state index contributed by atoms with van der Waals surface area (Å²) in [7, 11) is 0. The Bertz CT molecular complexity index is 2010. The number of ether oxygens (including phenoxy) is 4. The number of nitrogens with zero attached hydrogens (tertiary/aromatic N) is 2. The van der Waals surface area contributed by atoms with E-state index in [0.29, 0.717) is 74.9 Å². The Morgan fingerprint density at radius 2 is 0.719 bits per heavy atom. The van der Waals surface area contributed by atoms with Crippen LogP contribution in [0.3, 0.4) is 0 Å². The fourth-order valence-corrected chi connectivity index (χ4v) is 6.19. The number of carbonyl (C=O) groups is 4. The minimum absolute atomic E-state index is 0.0524. The molecule has 0 bridgehead atoms. The molecule has 0 fully saturated rings.